The average Bonchev–Trinajstić information content (AvgIpc) is 3.19. The quantitative estimate of drug-likeness (QED) is 0.268. The van der Waals surface area contributed by atoms with E-state index in [0.717, 1.165) is 16.9 Å². The Hall–Kier alpha value is -4.15. The molecule has 6 rings (SSSR count). The van der Waals surface area contributed by atoms with Gasteiger partial charge in [0, 0.05) is 23.4 Å². The molecule has 1 aliphatic rings. The van der Waals surface area contributed by atoms with Gasteiger partial charge in [0.15, 0.2) is 0 Å². The fourth-order valence-electron chi connectivity index (χ4n) is 5.20. The molecule has 4 heteroatoms. The molecule has 0 amide bonds. The summed E-state index contributed by atoms with van der Waals surface area (Å²) in [4.78, 5) is 2.12. The molecule has 176 valence electrons. The van der Waals surface area contributed by atoms with Crippen LogP contribution in [0.2, 0.25) is 0 Å². The molecule has 2 heterocycles. The molecule has 36 heavy (non-hydrogen) atoms. The minimum Gasteiger partial charge on any atom is -0.385 e. The van der Waals surface area contributed by atoms with Crippen LogP contribution in [0.5, 0.6) is 0 Å². The van der Waals surface area contributed by atoms with E-state index < -0.39 is 0 Å². The molecular weight excluding hydrogens is 458 g/mol. The maximum absolute atomic E-state index is 6.64. The number of anilines is 2. The van der Waals surface area contributed by atoms with E-state index in [9.17, 15) is 0 Å². The van der Waals surface area contributed by atoms with Gasteiger partial charge < -0.3 is 5.73 Å². The van der Waals surface area contributed by atoms with Gasteiger partial charge in [-0.05, 0) is 78.1 Å². The van der Waals surface area contributed by atoms with Crippen molar-refractivity contribution >= 4 is 44.6 Å². The van der Waals surface area contributed by atoms with Crippen LogP contribution < -0.4 is 15.2 Å². The molecule has 0 saturated carbocycles. The van der Waals surface area contributed by atoms with Gasteiger partial charge in [-0.15, -0.1) is 0 Å². The SMILES string of the molecule is Cc1cccc(C)c1-c1ccc2c(c1)sc(C=C1C=C(N)N(c3ccccc3)c3ccccc31)[n+]2C. The van der Waals surface area contributed by atoms with Crippen LogP contribution in [0.15, 0.2) is 103 Å². The second-order valence-electron chi connectivity index (χ2n) is 9.31. The smallest absolute Gasteiger partial charge is 0.263 e. The summed E-state index contributed by atoms with van der Waals surface area (Å²) >= 11 is 1.81. The molecule has 0 bridgehead atoms. The van der Waals surface area contributed by atoms with Gasteiger partial charge in [0.25, 0.3) is 5.01 Å². The van der Waals surface area contributed by atoms with E-state index in [0.29, 0.717) is 5.82 Å². The van der Waals surface area contributed by atoms with Gasteiger partial charge in [-0.3, -0.25) is 4.90 Å². The lowest BCUT2D eigenvalue weighted by molar-refractivity contribution is -0.642. The zero-order chi connectivity index (χ0) is 24.8. The van der Waals surface area contributed by atoms with E-state index in [4.69, 9.17) is 5.73 Å². The molecule has 0 unspecified atom stereocenters. The monoisotopic (exact) mass is 486 g/mol. The highest BCUT2D eigenvalue weighted by atomic mass is 32.1. The van der Waals surface area contributed by atoms with E-state index >= 15 is 0 Å². The fraction of sp³-hybridized carbons (Fsp3) is 0.0938. The summed E-state index contributed by atoms with van der Waals surface area (Å²) in [6.07, 6.45) is 4.35. The average molecular weight is 487 g/mol. The lowest BCUT2D eigenvalue weighted by Gasteiger charge is -2.31. The van der Waals surface area contributed by atoms with Gasteiger partial charge >= 0.3 is 0 Å². The van der Waals surface area contributed by atoms with Crippen LogP contribution in [0.3, 0.4) is 0 Å². The van der Waals surface area contributed by atoms with Crippen molar-refractivity contribution in [2.75, 3.05) is 4.90 Å². The first kappa shape index (κ1) is 22.3. The molecule has 0 atom stereocenters. The molecule has 0 fully saturated rings. The highest BCUT2D eigenvalue weighted by Crippen LogP contribution is 2.40. The van der Waals surface area contributed by atoms with Crippen LogP contribution in [0.25, 0.3) is 33.0 Å². The number of rotatable bonds is 3. The van der Waals surface area contributed by atoms with Crippen molar-refractivity contribution in [1.82, 2.24) is 0 Å². The molecule has 0 aliphatic carbocycles. The number of para-hydroxylation sites is 2. The summed E-state index contributed by atoms with van der Waals surface area (Å²) in [6.45, 7) is 4.37. The Morgan fingerprint density at radius 2 is 1.56 bits per heavy atom. The van der Waals surface area contributed by atoms with Crippen LogP contribution in [0, 0.1) is 13.8 Å². The summed E-state index contributed by atoms with van der Waals surface area (Å²) < 4.78 is 3.55. The predicted molar refractivity (Wildman–Crippen MR) is 153 cm³/mol. The maximum atomic E-state index is 6.64. The van der Waals surface area contributed by atoms with Crippen molar-refractivity contribution in [3.05, 3.63) is 125 Å². The Kier molecular flexibility index (Phi) is 5.46. The van der Waals surface area contributed by atoms with Gasteiger partial charge in [-0.1, -0.05) is 65.9 Å². The first-order valence-electron chi connectivity index (χ1n) is 12.1. The zero-order valence-corrected chi connectivity index (χ0v) is 21.5. The van der Waals surface area contributed by atoms with E-state index in [2.05, 4.69) is 115 Å². The highest BCUT2D eigenvalue weighted by molar-refractivity contribution is 7.19. The third-order valence-corrected chi connectivity index (χ3v) is 8.09. The predicted octanol–water partition coefficient (Wildman–Crippen LogP) is 7.50. The van der Waals surface area contributed by atoms with Crippen LogP contribution in [-0.4, -0.2) is 0 Å². The Bertz CT molecular complexity index is 1650. The minimum absolute atomic E-state index is 0.715. The summed E-state index contributed by atoms with van der Waals surface area (Å²) in [5.74, 6) is 0.715. The van der Waals surface area contributed by atoms with Crippen molar-refractivity contribution in [2.45, 2.75) is 13.8 Å². The first-order chi connectivity index (χ1) is 17.5. The van der Waals surface area contributed by atoms with Crippen molar-refractivity contribution < 1.29 is 4.57 Å². The second kappa shape index (κ2) is 8.81. The normalized spacial score (nSPS) is 14.2. The molecule has 3 nitrogen and oxygen atoms in total. The number of fused-ring (bicyclic) bond motifs is 2. The van der Waals surface area contributed by atoms with Crippen molar-refractivity contribution in [1.29, 1.82) is 0 Å². The van der Waals surface area contributed by atoms with Crippen LogP contribution in [0.4, 0.5) is 11.4 Å². The Morgan fingerprint density at radius 1 is 0.833 bits per heavy atom. The number of hydrogen-bond donors (Lipinski definition) is 1. The largest absolute Gasteiger partial charge is 0.385 e. The lowest BCUT2D eigenvalue weighted by atomic mass is 9.96. The third-order valence-electron chi connectivity index (χ3n) is 6.95. The third kappa shape index (κ3) is 3.71. The fourth-order valence-corrected chi connectivity index (χ4v) is 6.34. The molecule has 2 N–H and O–H groups in total. The van der Waals surface area contributed by atoms with Gasteiger partial charge in [-0.25, -0.2) is 0 Å². The van der Waals surface area contributed by atoms with Crippen molar-refractivity contribution in [3.63, 3.8) is 0 Å². The van der Waals surface area contributed by atoms with Gasteiger partial charge in [-0.2, -0.15) is 4.57 Å². The highest BCUT2D eigenvalue weighted by Gasteiger charge is 2.24. The number of nitrogens with two attached hydrogens (primary N) is 1. The Morgan fingerprint density at radius 3 is 2.33 bits per heavy atom. The summed E-state index contributed by atoms with van der Waals surface area (Å²) in [7, 11) is 2.14. The molecule has 1 aromatic heterocycles. The van der Waals surface area contributed by atoms with Gasteiger partial charge in [0.2, 0.25) is 5.52 Å². The molecule has 0 saturated heterocycles. The topological polar surface area (TPSA) is 33.1 Å². The molecule has 0 radical (unpaired) electrons. The zero-order valence-electron chi connectivity index (χ0n) is 20.7. The number of benzene rings is 4. The van der Waals surface area contributed by atoms with E-state index in [1.54, 1.807) is 0 Å². The minimum atomic E-state index is 0.715. The Balaban J connectivity index is 1.46. The summed E-state index contributed by atoms with van der Waals surface area (Å²) in [5.41, 5.74) is 17.5. The number of aryl methyl sites for hydroxylation is 3. The van der Waals surface area contributed by atoms with Gasteiger partial charge in [0.05, 0.1) is 5.69 Å². The van der Waals surface area contributed by atoms with Crippen molar-refractivity contribution in [2.24, 2.45) is 12.8 Å². The molecular formula is C32H28N3S+. The van der Waals surface area contributed by atoms with Crippen LogP contribution in [-0.2, 0) is 7.05 Å². The first-order valence-corrected chi connectivity index (χ1v) is 13.0. The number of nitrogens with zero attached hydrogens (tertiary/aromatic N) is 2. The van der Waals surface area contributed by atoms with Crippen molar-refractivity contribution in [3.8, 4) is 11.1 Å². The molecule has 4 aromatic carbocycles. The maximum Gasteiger partial charge on any atom is 0.263 e. The molecule has 5 aromatic rings. The standard InChI is InChI=1S/C32H27N3S/c1-21-10-9-11-22(2)32(21)23-16-17-28-29(18-23)36-31(34(28)3)20-24-19-30(33)35(25-12-5-4-6-13-25)27-15-8-7-14-26(24)27/h4-20,33H,1-3H3/p+1. The Labute approximate surface area is 216 Å². The van der Waals surface area contributed by atoms with E-state index in [1.807, 2.05) is 29.5 Å². The molecule has 1 aliphatic heterocycles. The number of hydrogen-bond acceptors (Lipinski definition) is 3. The number of thiazole rings is 1. The lowest BCUT2D eigenvalue weighted by Crippen LogP contribution is -2.29. The van der Waals surface area contributed by atoms with Gasteiger partial charge in [0.1, 0.15) is 17.6 Å². The van der Waals surface area contributed by atoms with E-state index in [-0.39, 0.29) is 0 Å². The van der Waals surface area contributed by atoms with Crippen LogP contribution >= 0.6 is 11.3 Å². The number of allylic oxidation sites excluding steroid dienone is 2. The van der Waals surface area contributed by atoms with E-state index in [1.165, 1.54) is 43.0 Å². The number of aromatic nitrogens is 1. The summed E-state index contributed by atoms with van der Waals surface area (Å²) in [5, 5.41) is 1.19. The summed E-state index contributed by atoms with van der Waals surface area (Å²) in [6, 6.07) is 32.1. The second-order valence-corrected chi connectivity index (χ2v) is 10.4. The van der Waals surface area contributed by atoms with Crippen LogP contribution in [0.1, 0.15) is 21.7 Å². The molecule has 0 spiro atoms.